The van der Waals surface area contributed by atoms with Crippen LogP contribution in [-0.2, 0) is 11.3 Å². The highest BCUT2D eigenvalue weighted by atomic mass is 35.5. The molecular formula is C17H13Cl2N3O4. The fourth-order valence-electron chi connectivity index (χ4n) is 2.68. The predicted molar refractivity (Wildman–Crippen MR) is 98.0 cm³/mol. The molecule has 0 saturated carbocycles. The van der Waals surface area contributed by atoms with Gasteiger partial charge in [0.1, 0.15) is 16.6 Å². The summed E-state index contributed by atoms with van der Waals surface area (Å²) < 4.78 is 6.82. The van der Waals surface area contributed by atoms with Crippen LogP contribution in [0.5, 0.6) is 5.75 Å². The van der Waals surface area contributed by atoms with Gasteiger partial charge in [-0.3, -0.25) is 14.9 Å². The summed E-state index contributed by atoms with van der Waals surface area (Å²) in [5.74, 6) is 0.637. The Morgan fingerprint density at radius 3 is 2.54 bits per heavy atom. The van der Waals surface area contributed by atoms with Crippen molar-refractivity contribution in [2.24, 2.45) is 0 Å². The molecule has 0 bridgehead atoms. The summed E-state index contributed by atoms with van der Waals surface area (Å²) in [6, 6.07) is 8.53. The molecule has 1 heterocycles. The van der Waals surface area contributed by atoms with Crippen LogP contribution in [0, 0.1) is 17.0 Å². The molecule has 7 nitrogen and oxygen atoms in total. The van der Waals surface area contributed by atoms with Crippen LogP contribution >= 0.6 is 23.2 Å². The number of aromatic nitrogens is 2. The number of rotatable bonds is 4. The van der Waals surface area contributed by atoms with E-state index in [2.05, 4.69) is 4.98 Å². The first-order valence-corrected chi connectivity index (χ1v) is 8.30. The van der Waals surface area contributed by atoms with Crippen molar-refractivity contribution < 1.29 is 14.5 Å². The number of aryl methyl sites for hydroxylation is 1. The Balaban J connectivity index is 2.04. The van der Waals surface area contributed by atoms with Gasteiger partial charge in [-0.15, -0.1) is 0 Å². The largest absolute Gasteiger partial charge is 0.427 e. The first kappa shape index (κ1) is 18.2. The number of halogens is 2. The van der Waals surface area contributed by atoms with Gasteiger partial charge in [-0.05, 0) is 30.7 Å². The van der Waals surface area contributed by atoms with Crippen LogP contribution in [0.2, 0.25) is 10.0 Å². The fourth-order valence-corrected chi connectivity index (χ4v) is 3.09. The van der Waals surface area contributed by atoms with E-state index < -0.39 is 10.9 Å². The molecule has 0 amide bonds. The minimum absolute atomic E-state index is 0.0947. The summed E-state index contributed by atoms with van der Waals surface area (Å²) in [5, 5.41) is 11.3. The van der Waals surface area contributed by atoms with Crippen molar-refractivity contribution in [3.8, 4) is 5.75 Å². The molecule has 0 spiro atoms. The quantitative estimate of drug-likeness (QED) is 0.281. The predicted octanol–water partition coefficient (Wildman–Crippen LogP) is 4.53. The fraction of sp³-hybridized carbons (Fsp3) is 0.176. The maximum Gasteiger partial charge on any atom is 0.317 e. The lowest BCUT2D eigenvalue weighted by Gasteiger charge is -2.09. The Morgan fingerprint density at radius 2 is 1.96 bits per heavy atom. The Bertz CT molecular complexity index is 1030. The van der Waals surface area contributed by atoms with E-state index in [1.54, 1.807) is 37.3 Å². The summed E-state index contributed by atoms with van der Waals surface area (Å²) in [7, 11) is 0. The lowest BCUT2D eigenvalue weighted by Crippen LogP contribution is -2.03. The highest BCUT2D eigenvalue weighted by Crippen LogP contribution is 2.38. The van der Waals surface area contributed by atoms with Crippen LogP contribution in [-0.4, -0.2) is 20.4 Å². The second-order valence-corrected chi connectivity index (χ2v) is 6.41. The molecule has 0 aliphatic rings. The number of carbonyl (C=O) groups excluding carboxylic acids is 1. The van der Waals surface area contributed by atoms with Crippen LogP contribution in [0.15, 0.2) is 30.3 Å². The highest BCUT2D eigenvalue weighted by molar-refractivity contribution is 6.44. The van der Waals surface area contributed by atoms with Gasteiger partial charge in [-0.2, -0.15) is 0 Å². The van der Waals surface area contributed by atoms with Gasteiger partial charge in [0.25, 0.3) is 0 Å². The van der Waals surface area contributed by atoms with Crippen LogP contribution in [0.1, 0.15) is 18.3 Å². The molecule has 0 aliphatic heterocycles. The molecule has 134 valence electrons. The Kier molecular flexibility index (Phi) is 4.84. The molecule has 0 unspecified atom stereocenters. The first-order chi connectivity index (χ1) is 12.3. The van der Waals surface area contributed by atoms with Crippen molar-refractivity contribution >= 4 is 45.9 Å². The van der Waals surface area contributed by atoms with Gasteiger partial charge < -0.3 is 9.30 Å². The number of esters is 1. The maximum atomic E-state index is 11.4. The average molecular weight is 394 g/mol. The van der Waals surface area contributed by atoms with E-state index in [0.717, 1.165) is 5.56 Å². The number of fused-ring (bicyclic) bond motifs is 1. The molecular weight excluding hydrogens is 381 g/mol. The topological polar surface area (TPSA) is 87.3 Å². The van der Waals surface area contributed by atoms with Crippen molar-refractivity contribution in [3.63, 3.8) is 0 Å². The second-order valence-electron chi connectivity index (χ2n) is 5.63. The van der Waals surface area contributed by atoms with Gasteiger partial charge in [0.15, 0.2) is 5.52 Å². The van der Waals surface area contributed by atoms with E-state index in [1.165, 1.54) is 6.92 Å². The molecule has 3 rings (SSSR count). The van der Waals surface area contributed by atoms with Crippen LogP contribution in [0.25, 0.3) is 11.0 Å². The molecule has 2 aromatic carbocycles. The minimum Gasteiger partial charge on any atom is -0.427 e. The minimum atomic E-state index is -0.582. The van der Waals surface area contributed by atoms with Gasteiger partial charge in [0.2, 0.25) is 0 Å². The zero-order valence-electron chi connectivity index (χ0n) is 13.8. The van der Waals surface area contributed by atoms with Gasteiger partial charge in [-0.1, -0.05) is 35.3 Å². The van der Waals surface area contributed by atoms with E-state index in [9.17, 15) is 14.9 Å². The molecule has 3 aromatic rings. The van der Waals surface area contributed by atoms with E-state index in [4.69, 9.17) is 27.9 Å². The molecule has 0 N–H and O–H groups in total. The SMILES string of the molecule is CC(=O)Oc1ccc(Cn2c(C)nc3c([N+](=O)[O-])c(Cl)c(Cl)cc32)cc1. The third-order valence-electron chi connectivity index (χ3n) is 3.81. The highest BCUT2D eigenvalue weighted by Gasteiger charge is 2.25. The van der Waals surface area contributed by atoms with E-state index in [-0.39, 0.29) is 21.2 Å². The summed E-state index contributed by atoms with van der Waals surface area (Å²) in [6.07, 6.45) is 0. The number of carbonyl (C=O) groups is 1. The number of hydrogen-bond donors (Lipinski definition) is 0. The zero-order chi connectivity index (χ0) is 19.0. The Hall–Kier alpha value is -2.64. The molecule has 9 heteroatoms. The van der Waals surface area contributed by atoms with Crippen molar-refractivity contribution in [3.05, 3.63) is 61.9 Å². The lowest BCUT2D eigenvalue weighted by molar-refractivity contribution is -0.383. The molecule has 26 heavy (non-hydrogen) atoms. The van der Waals surface area contributed by atoms with E-state index in [1.807, 2.05) is 4.57 Å². The summed E-state index contributed by atoms with van der Waals surface area (Å²) in [4.78, 5) is 26.1. The smallest absolute Gasteiger partial charge is 0.317 e. The number of nitro benzene ring substituents is 1. The summed E-state index contributed by atoms with van der Waals surface area (Å²) >= 11 is 12.0. The Morgan fingerprint density at radius 1 is 1.31 bits per heavy atom. The Labute approximate surface area is 158 Å². The molecule has 1 aromatic heterocycles. The molecule has 0 radical (unpaired) electrons. The standard InChI is InChI=1S/C17H13Cl2N3O4/c1-9-20-16-14(7-13(18)15(19)17(16)22(24)25)21(9)8-11-3-5-12(6-4-11)26-10(2)23/h3-7H,8H2,1-2H3. The zero-order valence-corrected chi connectivity index (χ0v) is 15.3. The van der Waals surface area contributed by atoms with E-state index >= 15 is 0 Å². The molecule has 0 aliphatic carbocycles. The molecule has 0 atom stereocenters. The normalized spacial score (nSPS) is 10.9. The number of hydrogen-bond acceptors (Lipinski definition) is 5. The number of benzene rings is 2. The van der Waals surface area contributed by atoms with Crippen molar-refractivity contribution in [1.29, 1.82) is 0 Å². The lowest BCUT2D eigenvalue weighted by atomic mass is 10.2. The van der Waals surface area contributed by atoms with Crippen LogP contribution < -0.4 is 4.74 Å². The maximum absolute atomic E-state index is 11.4. The van der Waals surface area contributed by atoms with Gasteiger partial charge >= 0.3 is 11.7 Å². The number of imidazole rings is 1. The van der Waals surface area contributed by atoms with Crippen molar-refractivity contribution in [1.82, 2.24) is 9.55 Å². The van der Waals surface area contributed by atoms with Gasteiger partial charge in [0, 0.05) is 13.5 Å². The van der Waals surface area contributed by atoms with Crippen LogP contribution in [0.3, 0.4) is 0 Å². The van der Waals surface area contributed by atoms with Crippen molar-refractivity contribution in [2.75, 3.05) is 0 Å². The third-order valence-corrected chi connectivity index (χ3v) is 4.59. The molecule has 0 saturated heterocycles. The van der Waals surface area contributed by atoms with Crippen molar-refractivity contribution in [2.45, 2.75) is 20.4 Å². The monoisotopic (exact) mass is 393 g/mol. The number of nitrogens with zero attached hydrogens (tertiary/aromatic N) is 3. The van der Waals surface area contributed by atoms with Gasteiger partial charge in [-0.25, -0.2) is 4.98 Å². The number of nitro groups is 1. The third kappa shape index (κ3) is 3.36. The first-order valence-electron chi connectivity index (χ1n) is 7.54. The van der Waals surface area contributed by atoms with Crippen LogP contribution in [0.4, 0.5) is 5.69 Å². The summed E-state index contributed by atoms with van der Waals surface area (Å²) in [6.45, 7) is 3.49. The summed E-state index contributed by atoms with van der Waals surface area (Å²) in [5.41, 5.74) is 1.31. The average Bonchev–Trinajstić information content (AvgIpc) is 2.85. The van der Waals surface area contributed by atoms with E-state index in [0.29, 0.717) is 23.6 Å². The van der Waals surface area contributed by atoms with Gasteiger partial charge in [0.05, 0.1) is 15.5 Å². The second kappa shape index (κ2) is 6.93. The number of ether oxygens (including phenoxy) is 1. The molecule has 0 fully saturated rings.